The number of hydrogen-bond donors (Lipinski definition) is 1. The summed E-state index contributed by atoms with van der Waals surface area (Å²) in [4.78, 5) is 38.5. The highest BCUT2D eigenvalue weighted by molar-refractivity contribution is 6.22. The average molecular weight is 344 g/mol. The number of benzene rings is 1. The van der Waals surface area contributed by atoms with E-state index in [4.69, 9.17) is 9.47 Å². The second kappa shape index (κ2) is 6.57. The van der Waals surface area contributed by atoms with Crippen molar-refractivity contribution >= 4 is 23.4 Å². The van der Waals surface area contributed by atoms with Crippen molar-refractivity contribution in [2.75, 3.05) is 25.1 Å². The average Bonchev–Trinajstić information content (AvgIpc) is 3.34. The zero-order valence-electron chi connectivity index (χ0n) is 13.8. The molecule has 3 aliphatic heterocycles. The van der Waals surface area contributed by atoms with Crippen LogP contribution in [0.2, 0.25) is 0 Å². The first-order valence-electron chi connectivity index (χ1n) is 8.68. The quantitative estimate of drug-likeness (QED) is 0.838. The highest BCUT2D eigenvalue weighted by Crippen LogP contribution is 2.28. The van der Waals surface area contributed by atoms with Gasteiger partial charge in [0.05, 0.1) is 23.8 Å². The number of carbonyl (C=O) groups excluding carboxylic acids is 3. The van der Waals surface area contributed by atoms with Crippen LogP contribution in [-0.2, 0) is 14.3 Å². The Morgan fingerprint density at radius 2 is 1.84 bits per heavy atom. The summed E-state index contributed by atoms with van der Waals surface area (Å²) >= 11 is 0. The second-order valence-corrected chi connectivity index (χ2v) is 6.61. The van der Waals surface area contributed by atoms with Gasteiger partial charge in [-0.25, -0.2) is 0 Å². The van der Waals surface area contributed by atoms with Crippen molar-refractivity contribution in [3.63, 3.8) is 0 Å². The fourth-order valence-electron chi connectivity index (χ4n) is 3.53. The van der Waals surface area contributed by atoms with Gasteiger partial charge >= 0.3 is 0 Å². The third-order valence-electron chi connectivity index (χ3n) is 4.87. The molecule has 25 heavy (non-hydrogen) atoms. The van der Waals surface area contributed by atoms with Crippen LogP contribution in [0.4, 0.5) is 5.69 Å². The summed E-state index contributed by atoms with van der Waals surface area (Å²) in [7, 11) is 0. The van der Waals surface area contributed by atoms with Crippen molar-refractivity contribution in [2.45, 2.75) is 37.9 Å². The Balaban J connectivity index is 1.49. The number of nitrogens with zero attached hydrogens (tertiary/aromatic N) is 1. The first kappa shape index (κ1) is 16.2. The summed E-state index contributed by atoms with van der Waals surface area (Å²) < 4.78 is 10.9. The minimum absolute atomic E-state index is 0.0825. The maximum atomic E-state index is 12.6. The normalized spacial score (nSPS) is 25.5. The lowest BCUT2D eigenvalue weighted by Crippen LogP contribution is -2.36. The van der Waals surface area contributed by atoms with Gasteiger partial charge in [-0.1, -0.05) is 0 Å². The molecule has 3 heterocycles. The molecule has 2 fully saturated rings. The third kappa shape index (κ3) is 3.05. The van der Waals surface area contributed by atoms with Gasteiger partial charge in [0, 0.05) is 18.9 Å². The van der Waals surface area contributed by atoms with Crippen LogP contribution in [0.15, 0.2) is 18.2 Å². The molecule has 0 bridgehead atoms. The van der Waals surface area contributed by atoms with E-state index in [9.17, 15) is 14.4 Å². The molecule has 1 aromatic carbocycles. The number of fused-ring (bicyclic) bond motifs is 1. The fourth-order valence-corrected chi connectivity index (χ4v) is 3.53. The second-order valence-electron chi connectivity index (χ2n) is 6.61. The molecule has 7 heteroatoms. The predicted molar refractivity (Wildman–Crippen MR) is 88.4 cm³/mol. The standard InChI is InChI=1S/C18H20N2O5/c21-16(15-4-2-8-25-15)19-11-5-6-13-14(9-11)18(23)20(17(13)22)10-12-3-1-7-24-12/h5-6,9,12,15H,1-4,7-8,10H2,(H,19,21)/t12-,15-/m0/s1. The van der Waals surface area contributed by atoms with Crippen LogP contribution in [0, 0.1) is 0 Å². The van der Waals surface area contributed by atoms with Gasteiger partial charge in [0.25, 0.3) is 17.7 Å². The number of carbonyl (C=O) groups is 3. The molecule has 2 saturated heterocycles. The van der Waals surface area contributed by atoms with Gasteiger partial charge in [0.15, 0.2) is 0 Å². The minimum Gasteiger partial charge on any atom is -0.376 e. The van der Waals surface area contributed by atoms with E-state index in [2.05, 4.69) is 5.32 Å². The van der Waals surface area contributed by atoms with E-state index in [-0.39, 0.29) is 30.4 Å². The number of ether oxygens (including phenoxy) is 2. The van der Waals surface area contributed by atoms with Gasteiger partial charge in [0.2, 0.25) is 0 Å². The lowest BCUT2D eigenvalue weighted by atomic mass is 10.1. The number of rotatable bonds is 4. The molecule has 4 rings (SSSR count). The Morgan fingerprint density at radius 3 is 2.56 bits per heavy atom. The molecule has 0 spiro atoms. The molecular weight excluding hydrogens is 324 g/mol. The van der Waals surface area contributed by atoms with Crippen LogP contribution in [0.3, 0.4) is 0 Å². The molecule has 132 valence electrons. The van der Waals surface area contributed by atoms with Gasteiger partial charge in [-0.2, -0.15) is 0 Å². The van der Waals surface area contributed by atoms with Crippen LogP contribution in [0.25, 0.3) is 0 Å². The molecule has 0 radical (unpaired) electrons. The first-order chi connectivity index (χ1) is 12.1. The van der Waals surface area contributed by atoms with Crippen molar-refractivity contribution in [2.24, 2.45) is 0 Å². The van der Waals surface area contributed by atoms with Gasteiger partial charge in [-0.15, -0.1) is 0 Å². The van der Waals surface area contributed by atoms with Crippen molar-refractivity contribution in [1.29, 1.82) is 0 Å². The van der Waals surface area contributed by atoms with E-state index >= 15 is 0 Å². The highest BCUT2D eigenvalue weighted by Gasteiger charge is 2.37. The van der Waals surface area contributed by atoms with E-state index < -0.39 is 6.10 Å². The lowest BCUT2D eigenvalue weighted by molar-refractivity contribution is -0.124. The number of imide groups is 1. The Morgan fingerprint density at radius 1 is 1.08 bits per heavy atom. The van der Waals surface area contributed by atoms with Gasteiger partial charge < -0.3 is 14.8 Å². The van der Waals surface area contributed by atoms with Crippen LogP contribution < -0.4 is 5.32 Å². The SMILES string of the molecule is O=C(Nc1ccc2c(c1)C(=O)N(C[C@@H]1CCCO1)C2=O)[C@@H]1CCCO1. The Kier molecular flexibility index (Phi) is 4.27. The van der Waals surface area contributed by atoms with E-state index in [0.717, 1.165) is 19.3 Å². The number of anilines is 1. The fraction of sp³-hybridized carbons (Fsp3) is 0.500. The van der Waals surface area contributed by atoms with E-state index in [1.54, 1.807) is 18.2 Å². The zero-order chi connectivity index (χ0) is 17.4. The number of hydrogen-bond acceptors (Lipinski definition) is 5. The molecule has 0 saturated carbocycles. The summed E-state index contributed by atoms with van der Waals surface area (Å²) in [6, 6.07) is 4.81. The zero-order valence-corrected chi connectivity index (χ0v) is 13.8. The van der Waals surface area contributed by atoms with E-state index in [1.165, 1.54) is 4.90 Å². The Bertz CT molecular complexity index is 720. The molecule has 0 unspecified atom stereocenters. The van der Waals surface area contributed by atoms with Crippen molar-refractivity contribution in [3.8, 4) is 0 Å². The monoisotopic (exact) mass is 344 g/mol. The lowest BCUT2D eigenvalue weighted by Gasteiger charge is -2.17. The van der Waals surface area contributed by atoms with Crippen molar-refractivity contribution in [3.05, 3.63) is 29.3 Å². The topological polar surface area (TPSA) is 84.9 Å². The smallest absolute Gasteiger partial charge is 0.261 e. The first-order valence-corrected chi connectivity index (χ1v) is 8.68. The summed E-state index contributed by atoms with van der Waals surface area (Å²) in [5.74, 6) is -0.846. The van der Waals surface area contributed by atoms with Crippen molar-refractivity contribution in [1.82, 2.24) is 4.90 Å². The van der Waals surface area contributed by atoms with Crippen molar-refractivity contribution < 1.29 is 23.9 Å². The maximum Gasteiger partial charge on any atom is 0.261 e. The molecule has 7 nitrogen and oxygen atoms in total. The summed E-state index contributed by atoms with van der Waals surface area (Å²) in [5.41, 5.74) is 1.20. The minimum atomic E-state index is -0.443. The Labute approximate surface area is 145 Å². The molecule has 1 N–H and O–H groups in total. The predicted octanol–water partition coefficient (Wildman–Crippen LogP) is 1.58. The third-order valence-corrected chi connectivity index (χ3v) is 4.87. The van der Waals surface area contributed by atoms with Crippen LogP contribution in [0.5, 0.6) is 0 Å². The van der Waals surface area contributed by atoms with Gasteiger partial charge in [0.1, 0.15) is 6.10 Å². The molecule has 1 aromatic rings. The largest absolute Gasteiger partial charge is 0.376 e. The van der Waals surface area contributed by atoms with Crippen LogP contribution in [0.1, 0.15) is 46.4 Å². The number of amides is 3. The molecular formula is C18H20N2O5. The van der Waals surface area contributed by atoms with Gasteiger partial charge in [-0.05, 0) is 43.9 Å². The van der Waals surface area contributed by atoms with E-state index in [0.29, 0.717) is 36.4 Å². The molecule has 0 aromatic heterocycles. The number of nitrogens with one attached hydrogen (secondary N) is 1. The molecule has 0 aliphatic carbocycles. The molecule has 3 aliphatic rings. The van der Waals surface area contributed by atoms with E-state index in [1.807, 2.05) is 0 Å². The molecule has 2 atom stereocenters. The summed E-state index contributed by atoms with van der Waals surface area (Å²) in [6.45, 7) is 1.55. The van der Waals surface area contributed by atoms with Crippen LogP contribution in [-0.4, -0.2) is 54.6 Å². The summed E-state index contributed by atoms with van der Waals surface area (Å²) in [5, 5.41) is 2.77. The summed E-state index contributed by atoms with van der Waals surface area (Å²) in [6.07, 6.45) is 2.85. The molecule has 3 amide bonds. The van der Waals surface area contributed by atoms with Crippen LogP contribution >= 0.6 is 0 Å². The Hall–Kier alpha value is -2.25. The van der Waals surface area contributed by atoms with Gasteiger partial charge in [-0.3, -0.25) is 19.3 Å². The maximum absolute atomic E-state index is 12.6. The highest BCUT2D eigenvalue weighted by atomic mass is 16.5.